The summed E-state index contributed by atoms with van der Waals surface area (Å²) in [6.45, 7) is 5.92. The molecule has 3 N–H and O–H groups in total. The van der Waals surface area contributed by atoms with Crippen molar-refractivity contribution in [2.75, 3.05) is 26.7 Å². The maximum atomic E-state index is 12.1. The minimum absolute atomic E-state index is 0. The zero-order chi connectivity index (χ0) is 16.7. The monoisotopic (exact) mass is 391 g/mol. The molecule has 144 valence electrons. The van der Waals surface area contributed by atoms with Crippen molar-refractivity contribution in [1.82, 2.24) is 15.5 Å². The van der Waals surface area contributed by atoms with Crippen LogP contribution >= 0.6 is 24.8 Å². The molecule has 2 rings (SSSR count). The molecule has 7 heteroatoms. The third kappa shape index (κ3) is 7.92. The van der Waals surface area contributed by atoms with Crippen LogP contribution < -0.4 is 10.6 Å². The van der Waals surface area contributed by atoms with Crippen LogP contribution in [0, 0.1) is 5.92 Å². The van der Waals surface area contributed by atoms with Crippen molar-refractivity contribution >= 4 is 30.7 Å². The summed E-state index contributed by atoms with van der Waals surface area (Å²) >= 11 is 0. The summed E-state index contributed by atoms with van der Waals surface area (Å²) in [7, 11) is 1.86. The fraction of sp³-hybridized carbons (Fsp3) is 0.611. The predicted octanol–water partition coefficient (Wildman–Crippen LogP) is 1.96. The summed E-state index contributed by atoms with van der Waals surface area (Å²) in [5, 5.41) is 15.7. The Hall–Kier alpha value is -0.850. The first-order chi connectivity index (χ1) is 11.1. The number of nitrogens with zero attached hydrogens (tertiary/aromatic N) is 1. The smallest absolute Gasteiger partial charge is 0.224 e. The highest BCUT2D eigenvalue weighted by atomic mass is 35.5. The fourth-order valence-corrected chi connectivity index (χ4v) is 2.96. The lowest BCUT2D eigenvalue weighted by Gasteiger charge is -2.30. The second-order valence-corrected chi connectivity index (χ2v) is 6.45. The van der Waals surface area contributed by atoms with Crippen LogP contribution in [0.2, 0.25) is 0 Å². The number of carbonyl (C=O) groups excluding carboxylic acids is 1. The van der Waals surface area contributed by atoms with Gasteiger partial charge in [-0.05, 0) is 31.0 Å². The van der Waals surface area contributed by atoms with Gasteiger partial charge >= 0.3 is 0 Å². The minimum Gasteiger partial charge on any atom is -0.393 e. The normalized spacial score (nSPS) is 16.4. The zero-order valence-corrected chi connectivity index (χ0v) is 16.7. The van der Waals surface area contributed by atoms with Gasteiger partial charge in [0.25, 0.3) is 0 Å². The van der Waals surface area contributed by atoms with Crippen LogP contribution in [0.1, 0.15) is 30.9 Å². The first-order valence-corrected chi connectivity index (χ1v) is 8.49. The lowest BCUT2D eigenvalue weighted by Crippen LogP contribution is -2.36. The number of halogens is 2. The van der Waals surface area contributed by atoms with Crippen molar-refractivity contribution in [3.05, 3.63) is 35.4 Å². The summed E-state index contributed by atoms with van der Waals surface area (Å²) in [4.78, 5) is 14.4. The van der Waals surface area contributed by atoms with E-state index in [1.807, 2.05) is 26.1 Å². The second-order valence-electron chi connectivity index (χ2n) is 6.45. The Balaban J connectivity index is 0.00000288. The number of likely N-dealkylation sites (tertiary alicyclic amines) is 1. The Morgan fingerprint density at radius 1 is 1.24 bits per heavy atom. The van der Waals surface area contributed by atoms with Gasteiger partial charge in [0.05, 0.1) is 6.10 Å². The molecule has 0 bridgehead atoms. The Labute approximate surface area is 163 Å². The number of amides is 1. The molecule has 1 aromatic carbocycles. The summed E-state index contributed by atoms with van der Waals surface area (Å²) in [5.74, 6) is 0.0472. The second kappa shape index (κ2) is 12.5. The van der Waals surface area contributed by atoms with E-state index in [4.69, 9.17) is 0 Å². The van der Waals surface area contributed by atoms with E-state index in [2.05, 4.69) is 27.7 Å². The minimum atomic E-state index is -0.144. The lowest BCUT2D eigenvalue weighted by atomic mass is 10.0. The molecule has 1 aromatic rings. The van der Waals surface area contributed by atoms with Gasteiger partial charge in [0, 0.05) is 38.6 Å². The van der Waals surface area contributed by atoms with Crippen LogP contribution in [0.5, 0.6) is 0 Å². The van der Waals surface area contributed by atoms with E-state index in [0.29, 0.717) is 13.1 Å². The summed E-state index contributed by atoms with van der Waals surface area (Å²) in [5.41, 5.74) is 2.43. The number of hydrogen-bond acceptors (Lipinski definition) is 4. The highest BCUT2D eigenvalue weighted by molar-refractivity contribution is 5.85. The molecule has 0 radical (unpaired) electrons. The van der Waals surface area contributed by atoms with Crippen LogP contribution in [0.25, 0.3) is 0 Å². The number of benzene rings is 1. The van der Waals surface area contributed by atoms with E-state index in [1.165, 1.54) is 11.1 Å². The summed E-state index contributed by atoms with van der Waals surface area (Å²) < 4.78 is 0. The standard InChI is InChI=1S/C18H29N3O2.2ClH/c1-14(11-19-2)18(23)20-12-15-5-3-4-6-16(15)13-21-9-7-17(22)8-10-21;;/h3-6,14,17,19,22H,7-13H2,1-2H3,(H,20,23);2*1H. The van der Waals surface area contributed by atoms with Gasteiger partial charge in [-0.3, -0.25) is 9.69 Å². The van der Waals surface area contributed by atoms with Gasteiger partial charge in [0.2, 0.25) is 5.91 Å². The number of aliphatic hydroxyl groups excluding tert-OH is 1. The Morgan fingerprint density at radius 3 is 2.44 bits per heavy atom. The number of aliphatic hydroxyl groups is 1. The topological polar surface area (TPSA) is 64.6 Å². The van der Waals surface area contributed by atoms with E-state index in [-0.39, 0.29) is 42.7 Å². The fourth-order valence-electron chi connectivity index (χ4n) is 2.96. The highest BCUT2D eigenvalue weighted by Gasteiger charge is 2.18. The quantitative estimate of drug-likeness (QED) is 0.664. The predicted molar refractivity (Wildman–Crippen MR) is 106 cm³/mol. The first kappa shape index (κ1) is 24.1. The van der Waals surface area contributed by atoms with Crippen molar-refractivity contribution in [3.63, 3.8) is 0 Å². The third-order valence-electron chi connectivity index (χ3n) is 4.48. The molecule has 1 aliphatic heterocycles. The lowest BCUT2D eigenvalue weighted by molar-refractivity contribution is -0.124. The maximum Gasteiger partial charge on any atom is 0.224 e. The van der Waals surface area contributed by atoms with Crippen LogP contribution in [-0.2, 0) is 17.9 Å². The molecule has 5 nitrogen and oxygen atoms in total. The van der Waals surface area contributed by atoms with Crippen LogP contribution in [0.3, 0.4) is 0 Å². The van der Waals surface area contributed by atoms with Gasteiger partial charge in [0.1, 0.15) is 0 Å². The molecule has 0 saturated carbocycles. The highest BCUT2D eigenvalue weighted by Crippen LogP contribution is 2.16. The van der Waals surface area contributed by atoms with Crippen molar-refractivity contribution < 1.29 is 9.90 Å². The van der Waals surface area contributed by atoms with Gasteiger partial charge in [-0.15, -0.1) is 24.8 Å². The van der Waals surface area contributed by atoms with Crippen LogP contribution in [0.4, 0.5) is 0 Å². The van der Waals surface area contributed by atoms with E-state index in [1.54, 1.807) is 0 Å². The Bertz CT molecular complexity index is 509. The average Bonchev–Trinajstić information content (AvgIpc) is 2.56. The molecular formula is C18H31Cl2N3O2. The Kier molecular flexibility index (Phi) is 12.1. The van der Waals surface area contributed by atoms with Gasteiger partial charge < -0.3 is 15.7 Å². The van der Waals surface area contributed by atoms with Crippen molar-refractivity contribution in [1.29, 1.82) is 0 Å². The van der Waals surface area contributed by atoms with E-state index in [0.717, 1.165) is 32.5 Å². The summed E-state index contributed by atoms with van der Waals surface area (Å²) in [6.07, 6.45) is 1.55. The largest absolute Gasteiger partial charge is 0.393 e. The molecular weight excluding hydrogens is 361 g/mol. The molecule has 1 amide bonds. The van der Waals surface area contributed by atoms with E-state index < -0.39 is 0 Å². The van der Waals surface area contributed by atoms with Gasteiger partial charge in [0.15, 0.2) is 0 Å². The van der Waals surface area contributed by atoms with E-state index >= 15 is 0 Å². The number of carbonyl (C=O) groups is 1. The molecule has 0 aromatic heterocycles. The molecule has 1 fully saturated rings. The zero-order valence-electron chi connectivity index (χ0n) is 15.0. The number of rotatable bonds is 7. The van der Waals surface area contributed by atoms with Crippen molar-refractivity contribution in [2.45, 2.75) is 39.0 Å². The van der Waals surface area contributed by atoms with Gasteiger partial charge in [-0.1, -0.05) is 31.2 Å². The molecule has 0 aliphatic carbocycles. The molecule has 25 heavy (non-hydrogen) atoms. The van der Waals surface area contributed by atoms with E-state index in [9.17, 15) is 9.90 Å². The number of nitrogens with one attached hydrogen (secondary N) is 2. The molecule has 0 spiro atoms. The van der Waals surface area contributed by atoms with Gasteiger partial charge in [-0.25, -0.2) is 0 Å². The number of piperidine rings is 1. The SMILES string of the molecule is CNCC(C)C(=O)NCc1ccccc1CN1CCC(O)CC1.Cl.Cl. The van der Waals surface area contributed by atoms with Crippen LogP contribution in [-0.4, -0.2) is 48.7 Å². The van der Waals surface area contributed by atoms with Crippen LogP contribution in [0.15, 0.2) is 24.3 Å². The van der Waals surface area contributed by atoms with Crippen molar-refractivity contribution in [2.24, 2.45) is 5.92 Å². The average molecular weight is 392 g/mol. The maximum absolute atomic E-state index is 12.1. The number of hydrogen-bond donors (Lipinski definition) is 3. The first-order valence-electron chi connectivity index (χ1n) is 8.49. The third-order valence-corrected chi connectivity index (χ3v) is 4.48. The summed E-state index contributed by atoms with van der Waals surface area (Å²) in [6, 6.07) is 8.27. The molecule has 1 atom stereocenters. The Morgan fingerprint density at radius 2 is 1.84 bits per heavy atom. The molecule has 1 heterocycles. The molecule has 1 unspecified atom stereocenters. The molecule has 1 saturated heterocycles. The van der Waals surface area contributed by atoms with Gasteiger partial charge in [-0.2, -0.15) is 0 Å². The van der Waals surface area contributed by atoms with Crippen molar-refractivity contribution in [3.8, 4) is 0 Å². The molecule has 1 aliphatic rings.